The van der Waals surface area contributed by atoms with E-state index in [4.69, 9.17) is 20.4 Å². The summed E-state index contributed by atoms with van der Waals surface area (Å²) in [5, 5.41) is 2.13. The van der Waals surface area contributed by atoms with Gasteiger partial charge in [-0.15, -0.1) is 0 Å². The van der Waals surface area contributed by atoms with Crippen LogP contribution in [0.1, 0.15) is 11.7 Å². The molecule has 130 valence electrons. The lowest BCUT2D eigenvalue weighted by Gasteiger charge is -2.36. The number of rotatable bonds is 1. The molecule has 3 aromatic rings. The van der Waals surface area contributed by atoms with Crippen LogP contribution in [0.5, 0.6) is 23.0 Å². The zero-order valence-electron chi connectivity index (χ0n) is 15.0. The van der Waals surface area contributed by atoms with Gasteiger partial charge in [-0.2, -0.15) is 0 Å². The molecule has 0 radical (unpaired) electrons. The second-order valence-electron chi connectivity index (χ2n) is 6.66. The van der Waals surface area contributed by atoms with Crippen LogP contribution in [0.4, 0.5) is 5.69 Å². The van der Waals surface area contributed by atoms with E-state index < -0.39 is 0 Å². The third kappa shape index (κ3) is 1.64. The highest BCUT2D eigenvalue weighted by Crippen LogP contribution is 2.53. The molecule has 1 unspecified atom stereocenters. The van der Waals surface area contributed by atoms with Crippen molar-refractivity contribution in [2.24, 2.45) is 5.73 Å². The van der Waals surface area contributed by atoms with Crippen molar-refractivity contribution in [3.63, 3.8) is 0 Å². The summed E-state index contributed by atoms with van der Waals surface area (Å²) in [4.78, 5) is 2.07. The van der Waals surface area contributed by atoms with E-state index in [9.17, 15) is 0 Å². The number of fused-ring (bicyclic) bond motifs is 8. The predicted molar refractivity (Wildman–Crippen MR) is 97.0 cm³/mol. The van der Waals surface area contributed by atoms with Crippen LogP contribution in [-0.2, 0) is 0 Å². The zero-order valence-corrected chi connectivity index (χ0v) is 14.0. The van der Waals surface area contributed by atoms with Crippen LogP contribution in [0.2, 0.25) is 1.41 Å². The summed E-state index contributed by atoms with van der Waals surface area (Å²) >= 11 is 0. The summed E-state index contributed by atoms with van der Waals surface area (Å²) in [6, 6.07) is 12.2. The first kappa shape index (κ1) is 13.1. The summed E-state index contributed by atoms with van der Waals surface area (Å²) in [6.45, 7) is 0.446. The number of nitrogens with two attached hydrogens (primary N) is 1. The first-order valence-corrected chi connectivity index (χ1v) is 8.45. The Labute approximate surface area is 151 Å². The van der Waals surface area contributed by atoms with Gasteiger partial charge in [0.15, 0.2) is 23.0 Å². The van der Waals surface area contributed by atoms with Gasteiger partial charge in [0.25, 0.3) is 0 Å². The normalized spacial score (nSPS) is 19.3. The Hall–Kier alpha value is -3.12. The molecule has 1 atom stereocenters. The molecule has 0 fully saturated rings. The van der Waals surface area contributed by atoms with Crippen molar-refractivity contribution < 1.29 is 20.4 Å². The number of hydrogen-bond acceptors (Lipinski definition) is 6. The molecule has 3 aromatic carbocycles. The lowest BCUT2D eigenvalue weighted by molar-refractivity contribution is 0.173. The minimum atomic E-state index is -0.361. The molecular formula is C20H16N2O4. The molecule has 6 rings (SSSR count). The van der Waals surface area contributed by atoms with Crippen LogP contribution in [0.25, 0.3) is 21.9 Å². The van der Waals surface area contributed by atoms with Crippen molar-refractivity contribution in [2.75, 3.05) is 25.5 Å². The van der Waals surface area contributed by atoms with Crippen molar-refractivity contribution in [1.82, 2.24) is 0 Å². The van der Waals surface area contributed by atoms with Gasteiger partial charge in [0, 0.05) is 23.6 Å². The van der Waals surface area contributed by atoms with Crippen LogP contribution < -0.4 is 29.6 Å². The maximum atomic E-state index is 7.96. The molecule has 0 amide bonds. The minimum absolute atomic E-state index is 0.203. The van der Waals surface area contributed by atoms with Crippen molar-refractivity contribution >= 4 is 16.5 Å². The number of anilines is 1. The van der Waals surface area contributed by atoms with Gasteiger partial charge >= 0.3 is 0 Å². The van der Waals surface area contributed by atoms with E-state index in [0.717, 1.165) is 50.4 Å². The van der Waals surface area contributed by atoms with Gasteiger partial charge in [0.1, 0.15) is 7.58 Å². The van der Waals surface area contributed by atoms with Gasteiger partial charge in [0.2, 0.25) is 13.6 Å². The Kier molecular flexibility index (Phi) is 2.39. The minimum Gasteiger partial charge on any atom is -0.454 e. The van der Waals surface area contributed by atoms with Crippen LogP contribution in [-0.4, -0.2) is 20.6 Å². The van der Waals surface area contributed by atoms with E-state index in [1.54, 1.807) is 0 Å². The molecule has 3 heterocycles. The smallest absolute Gasteiger partial charge is 0.231 e. The standard InChI is InChI=1S/C20H16N2O4/c1-22-18-12(3-2-10-6-15-16(7-13(10)18)25-8-24-15)11-4-5-14-19(26-9-23-14)17(11)20(22)21/h2-7,20H,8-9,21H2,1H3/i/hD. The maximum absolute atomic E-state index is 7.96. The molecule has 26 heavy (non-hydrogen) atoms. The first-order chi connectivity index (χ1) is 13.3. The molecule has 6 heteroatoms. The second kappa shape index (κ2) is 4.74. The van der Waals surface area contributed by atoms with Crippen molar-refractivity contribution in [2.45, 2.75) is 6.17 Å². The number of benzene rings is 3. The second-order valence-corrected chi connectivity index (χ2v) is 6.66. The van der Waals surface area contributed by atoms with Gasteiger partial charge in [0.05, 0.1) is 5.69 Å². The van der Waals surface area contributed by atoms with E-state index in [-0.39, 0.29) is 19.8 Å². The average Bonchev–Trinajstić information content (AvgIpc) is 3.34. The number of hydrogen-bond donors (Lipinski definition) is 1. The molecule has 0 saturated heterocycles. The van der Waals surface area contributed by atoms with E-state index in [2.05, 4.69) is 22.8 Å². The highest BCUT2D eigenvalue weighted by atomic mass is 16.7. The fraction of sp³-hybridized carbons (Fsp3) is 0.200. The largest absolute Gasteiger partial charge is 0.454 e. The first-order valence-electron chi connectivity index (χ1n) is 8.95. The van der Waals surface area contributed by atoms with Gasteiger partial charge in [-0.1, -0.05) is 12.1 Å². The molecule has 3 aliphatic rings. The summed E-state index contributed by atoms with van der Waals surface area (Å²) in [7, 11) is 1.98. The topological polar surface area (TPSA) is 66.2 Å². The van der Waals surface area contributed by atoms with Crippen molar-refractivity contribution in [3.05, 3.63) is 42.0 Å². The molecule has 2 N–H and O–H groups in total. The maximum Gasteiger partial charge on any atom is 0.231 e. The Balaban J connectivity index is 1.68. The highest BCUT2D eigenvalue weighted by Gasteiger charge is 2.34. The third-order valence-corrected chi connectivity index (χ3v) is 5.37. The number of nitrogens with zero attached hydrogens (tertiary/aromatic N) is 1. The van der Waals surface area contributed by atoms with Crippen molar-refractivity contribution in [3.8, 4) is 34.1 Å². The van der Waals surface area contributed by atoms with Gasteiger partial charge in [-0.3, -0.25) is 0 Å². The summed E-state index contributed by atoms with van der Waals surface area (Å²) in [5.41, 5.74) is 6.78. The number of ether oxygens (including phenoxy) is 4. The molecule has 0 spiro atoms. The molecular weight excluding hydrogens is 332 g/mol. The zero-order chi connectivity index (χ0) is 18.1. The van der Waals surface area contributed by atoms with E-state index in [0.29, 0.717) is 5.75 Å². The molecule has 0 aromatic heterocycles. The van der Waals surface area contributed by atoms with E-state index >= 15 is 0 Å². The Morgan fingerprint density at radius 3 is 2.62 bits per heavy atom. The van der Waals surface area contributed by atoms with Crippen molar-refractivity contribution in [1.29, 1.82) is 0 Å². The fourth-order valence-corrected chi connectivity index (χ4v) is 4.12. The Morgan fingerprint density at radius 1 is 0.962 bits per heavy atom. The highest BCUT2D eigenvalue weighted by molar-refractivity contribution is 6.05. The molecule has 0 bridgehead atoms. The van der Waals surface area contributed by atoms with Gasteiger partial charge in [-0.05, 0) is 35.2 Å². The van der Waals surface area contributed by atoms with Crippen LogP contribution in [0, 0.1) is 0 Å². The van der Waals surface area contributed by atoms with Crippen LogP contribution >= 0.6 is 0 Å². The monoisotopic (exact) mass is 349 g/mol. The summed E-state index contributed by atoms with van der Waals surface area (Å²) in [5.74, 6) is 2.94. The van der Waals surface area contributed by atoms with Crippen LogP contribution in [0.15, 0.2) is 36.4 Å². The molecule has 0 aliphatic carbocycles. The van der Waals surface area contributed by atoms with Crippen LogP contribution in [0.3, 0.4) is 0 Å². The quantitative estimate of drug-likeness (QED) is 0.727. The fourth-order valence-electron chi connectivity index (χ4n) is 4.12. The van der Waals surface area contributed by atoms with Gasteiger partial charge < -0.3 is 29.6 Å². The van der Waals surface area contributed by atoms with Gasteiger partial charge in [-0.25, -0.2) is 0 Å². The Bertz CT molecular complexity index is 1120. The predicted octanol–water partition coefficient (Wildman–Crippen LogP) is 3.37. The third-order valence-electron chi connectivity index (χ3n) is 5.37. The molecule has 6 nitrogen and oxygen atoms in total. The Morgan fingerprint density at radius 2 is 1.73 bits per heavy atom. The summed E-state index contributed by atoms with van der Waals surface area (Å²) in [6.07, 6.45) is -0.361. The average molecular weight is 349 g/mol. The lowest BCUT2D eigenvalue weighted by atomic mass is 9.88. The van der Waals surface area contributed by atoms with E-state index in [1.807, 2.05) is 31.3 Å². The lowest BCUT2D eigenvalue weighted by Crippen LogP contribution is -2.34. The molecule has 3 aliphatic heterocycles. The summed E-state index contributed by atoms with van der Waals surface area (Å²) < 4.78 is 30.3. The molecule has 0 saturated carbocycles. The van der Waals surface area contributed by atoms with E-state index in [1.165, 1.54) is 0 Å². The SMILES string of the molecule is [2H]NC1c2c(ccc3c2OCO3)-c2ccc3cc4c(cc3c2N1C)OCO4.